The highest BCUT2D eigenvalue weighted by Gasteiger charge is 2.72. The first-order valence-electron chi connectivity index (χ1n) is 16.5. The first-order chi connectivity index (χ1) is 22.8. The summed E-state index contributed by atoms with van der Waals surface area (Å²) in [7, 11) is 1.56. The minimum Gasteiger partial charge on any atom is -0.481 e. The Bertz CT molecular complexity index is 1870. The molecule has 48 heavy (non-hydrogen) atoms. The van der Waals surface area contributed by atoms with E-state index in [0.717, 1.165) is 56.8 Å². The van der Waals surface area contributed by atoms with E-state index in [0.29, 0.717) is 46.3 Å². The van der Waals surface area contributed by atoms with E-state index < -0.39 is 18.2 Å². The minimum atomic E-state index is -5.08. The van der Waals surface area contributed by atoms with Crippen LogP contribution in [0.15, 0.2) is 23.1 Å². The van der Waals surface area contributed by atoms with Gasteiger partial charge in [0, 0.05) is 48.9 Å². The molecule has 4 atom stereocenters. The number of aromatic nitrogens is 5. The SMILES string of the molecule is COc1cc(-n2nc3c(=O)c(N4CCN[C@H]5CC[C@@H]54)c4n(c3n2)C(C(=O)NC23CC(C5CC5)(C2)C3)CC4C)ccn1.O=C(O)C(F)(F)F. The Kier molecular flexibility index (Phi) is 6.89. The molecule has 6 fully saturated rings. The molecule has 256 valence electrons. The number of fused-ring (bicyclic) bond motifs is 4. The number of anilines is 1. The highest BCUT2D eigenvalue weighted by molar-refractivity contribution is 5.87. The van der Waals surface area contributed by atoms with Crippen LogP contribution in [-0.2, 0) is 9.59 Å². The summed E-state index contributed by atoms with van der Waals surface area (Å²) in [6.07, 6.45) is 5.48. The molecule has 3 N–H and O–H groups in total. The number of piperazine rings is 1. The van der Waals surface area contributed by atoms with Gasteiger partial charge in [-0.25, -0.2) is 9.78 Å². The zero-order chi connectivity index (χ0) is 33.7. The average Bonchev–Trinajstić information content (AvgIpc) is 3.64. The number of nitrogens with zero attached hydrogens (tertiary/aromatic N) is 6. The van der Waals surface area contributed by atoms with Gasteiger partial charge in [-0.3, -0.25) is 9.59 Å². The van der Waals surface area contributed by atoms with Crippen molar-refractivity contribution in [1.29, 1.82) is 0 Å². The molecule has 5 aliphatic carbocycles. The number of nitrogens with one attached hydrogen (secondary N) is 2. The molecule has 0 aromatic carbocycles. The van der Waals surface area contributed by atoms with Gasteiger partial charge >= 0.3 is 12.1 Å². The van der Waals surface area contributed by atoms with Crippen molar-refractivity contribution in [3.8, 4) is 11.6 Å². The Balaban J connectivity index is 0.000000437. The molecule has 2 bridgehead atoms. The number of pyridine rings is 2. The maximum atomic E-state index is 14.3. The van der Waals surface area contributed by atoms with E-state index in [-0.39, 0.29) is 28.8 Å². The maximum absolute atomic E-state index is 14.3. The molecule has 7 aliphatic rings. The Morgan fingerprint density at radius 3 is 2.50 bits per heavy atom. The van der Waals surface area contributed by atoms with Crippen LogP contribution in [0.4, 0.5) is 18.9 Å². The van der Waals surface area contributed by atoms with Crippen LogP contribution in [0.3, 0.4) is 0 Å². The number of amides is 1. The second-order valence-corrected chi connectivity index (χ2v) is 14.4. The monoisotopic (exact) mass is 670 g/mol. The Hall–Kier alpha value is -4.21. The maximum Gasteiger partial charge on any atom is 0.490 e. The fourth-order valence-electron chi connectivity index (χ4n) is 9.04. The van der Waals surface area contributed by atoms with E-state index in [9.17, 15) is 22.8 Å². The third-order valence-electron chi connectivity index (χ3n) is 11.4. The molecule has 0 radical (unpaired) electrons. The summed E-state index contributed by atoms with van der Waals surface area (Å²) in [6.45, 7) is 3.75. The lowest BCUT2D eigenvalue weighted by Gasteiger charge is -2.71. The Labute approximate surface area is 272 Å². The Morgan fingerprint density at radius 1 is 1.15 bits per heavy atom. The average molecular weight is 671 g/mol. The van der Waals surface area contributed by atoms with Crippen LogP contribution in [0.25, 0.3) is 16.9 Å². The molecule has 3 aromatic rings. The molecule has 5 heterocycles. The van der Waals surface area contributed by atoms with Crippen LogP contribution in [-0.4, -0.2) is 85.5 Å². The largest absolute Gasteiger partial charge is 0.490 e. The molecular weight excluding hydrogens is 633 g/mol. The summed E-state index contributed by atoms with van der Waals surface area (Å²) in [5.41, 5.74) is 3.46. The number of aliphatic carboxylic acids is 1. The fraction of sp³-hybridized carbons (Fsp3) is 0.625. The van der Waals surface area contributed by atoms with Gasteiger partial charge in [0.05, 0.1) is 18.5 Å². The topological polar surface area (TPSA) is 156 Å². The number of hydrogen-bond acceptors (Lipinski definition) is 9. The second-order valence-electron chi connectivity index (χ2n) is 14.4. The lowest BCUT2D eigenvalue weighted by Crippen LogP contribution is -2.75. The summed E-state index contributed by atoms with van der Waals surface area (Å²) in [5, 5.41) is 23.8. The van der Waals surface area contributed by atoms with Crippen LogP contribution >= 0.6 is 0 Å². The molecule has 10 rings (SSSR count). The molecule has 0 spiro atoms. The van der Waals surface area contributed by atoms with Gasteiger partial charge in [0.15, 0.2) is 11.2 Å². The van der Waals surface area contributed by atoms with Gasteiger partial charge in [0.2, 0.25) is 17.2 Å². The van der Waals surface area contributed by atoms with Crippen molar-refractivity contribution in [2.45, 2.75) is 94.0 Å². The van der Waals surface area contributed by atoms with Gasteiger partial charge in [0.1, 0.15) is 11.7 Å². The lowest BCUT2D eigenvalue weighted by molar-refractivity contribution is -0.192. The molecular formula is C32H37F3N8O5. The molecule has 2 unspecified atom stereocenters. The van der Waals surface area contributed by atoms with E-state index in [1.165, 1.54) is 17.6 Å². The number of ether oxygens (including phenoxy) is 1. The van der Waals surface area contributed by atoms with Crippen molar-refractivity contribution in [3.63, 3.8) is 0 Å². The zero-order valence-electron chi connectivity index (χ0n) is 26.6. The summed E-state index contributed by atoms with van der Waals surface area (Å²) in [5.74, 6) is -1.33. The number of carboxylic acid groups (broad SMARTS) is 1. The van der Waals surface area contributed by atoms with E-state index >= 15 is 0 Å². The van der Waals surface area contributed by atoms with Crippen molar-refractivity contribution in [3.05, 3.63) is 34.2 Å². The third-order valence-corrected chi connectivity index (χ3v) is 11.4. The molecule has 13 nitrogen and oxygen atoms in total. The molecule has 1 amide bonds. The normalized spacial score (nSPS) is 31.3. The van der Waals surface area contributed by atoms with Crippen molar-refractivity contribution in [2.75, 3.05) is 25.1 Å². The van der Waals surface area contributed by atoms with Crippen molar-refractivity contribution in [2.24, 2.45) is 11.3 Å². The predicted molar refractivity (Wildman–Crippen MR) is 165 cm³/mol. The van der Waals surface area contributed by atoms with Crippen molar-refractivity contribution < 1.29 is 32.6 Å². The van der Waals surface area contributed by atoms with E-state index in [4.69, 9.17) is 24.8 Å². The quantitative estimate of drug-likeness (QED) is 0.356. The zero-order valence-corrected chi connectivity index (χ0v) is 26.6. The minimum absolute atomic E-state index is 0.0322. The molecule has 3 aromatic heterocycles. The predicted octanol–water partition coefficient (Wildman–Crippen LogP) is 3.06. The summed E-state index contributed by atoms with van der Waals surface area (Å²) < 4.78 is 39.1. The van der Waals surface area contributed by atoms with E-state index in [2.05, 4.69) is 32.0 Å². The number of carbonyl (C=O) groups is 2. The van der Waals surface area contributed by atoms with Crippen LogP contribution in [0.2, 0.25) is 0 Å². The van der Waals surface area contributed by atoms with Gasteiger partial charge < -0.3 is 29.9 Å². The van der Waals surface area contributed by atoms with Gasteiger partial charge in [0.25, 0.3) is 0 Å². The van der Waals surface area contributed by atoms with Gasteiger partial charge in [-0.1, -0.05) is 6.92 Å². The summed E-state index contributed by atoms with van der Waals surface area (Å²) >= 11 is 0. The fourth-order valence-corrected chi connectivity index (χ4v) is 9.04. The number of alkyl halides is 3. The highest BCUT2D eigenvalue weighted by atomic mass is 19.4. The van der Waals surface area contributed by atoms with Gasteiger partial charge in [-0.15, -0.1) is 15.0 Å². The van der Waals surface area contributed by atoms with E-state index in [1.807, 2.05) is 0 Å². The number of carbonyl (C=O) groups excluding carboxylic acids is 1. The summed E-state index contributed by atoms with van der Waals surface area (Å²) in [6, 6.07) is 3.80. The van der Waals surface area contributed by atoms with E-state index in [1.54, 1.807) is 25.4 Å². The van der Waals surface area contributed by atoms with Crippen LogP contribution in [0.1, 0.15) is 75.9 Å². The number of rotatable bonds is 6. The van der Waals surface area contributed by atoms with Crippen molar-refractivity contribution in [1.82, 2.24) is 35.2 Å². The second kappa shape index (κ2) is 10.6. The lowest BCUT2D eigenvalue weighted by atomic mass is 9.37. The number of hydrogen-bond donors (Lipinski definition) is 3. The van der Waals surface area contributed by atoms with Crippen molar-refractivity contribution >= 4 is 28.7 Å². The third kappa shape index (κ3) is 4.77. The number of carboxylic acids is 1. The first-order valence-corrected chi connectivity index (χ1v) is 16.5. The number of methoxy groups -OCH3 is 1. The van der Waals surface area contributed by atoms with Crippen LogP contribution in [0.5, 0.6) is 5.88 Å². The summed E-state index contributed by atoms with van der Waals surface area (Å²) in [4.78, 5) is 45.3. The molecule has 16 heteroatoms. The first kappa shape index (κ1) is 31.1. The molecule has 5 saturated carbocycles. The number of halogens is 3. The molecule has 2 aliphatic heterocycles. The smallest absolute Gasteiger partial charge is 0.481 e. The standard InChI is InChI=1S/C30H36N8O3.C2HF3O2/c1-16-11-21(28(40)33-30-13-29(14-30,15-30)17-3-4-17)37-24(16)25(36-10-9-31-19-5-6-20(19)36)26(39)23-27(37)35-38(34-23)18-7-8-32-22(12-18)41-2;3-2(4,5)1(6)7/h7-8,12,16-17,19-21,31H,3-6,9-11,13-15H2,1-2H3,(H,33,40);(H,6,7)/t16?,19-,20-,21?,29?,30?;/m0./s1. The van der Waals surface area contributed by atoms with Gasteiger partial charge in [-0.2, -0.15) is 13.2 Å². The highest BCUT2D eigenvalue weighted by Crippen LogP contribution is 2.75. The van der Waals surface area contributed by atoms with Crippen LogP contribution in [0, 0.1) is 11.3 Å². The van der Waals surface area contributed by atoms with Crippen LogP contribution < -0.4 is 25.7 Å². The Morgan fingerprint density at radius 2 is 1.88 bits per heavy atom. The van der Waals surface area contributed by atoms with Gasteiger partial charge in [-0.05, 0) is 68.8 Å². The molecule has 1 saturated heterocycles.